The number of aromatic nitrogens is 1. The molecule has 1 aromatic heterocycles. The summed E-state index contributed by atoms with van der Waals surface area (Å²) in [5.74, 6) is 0.926. The van der Waals surface area contributed by atoms with Crippen LogP contribution in [0.4, 0.5) is 5.82 Å². The maximum Gasteiger partial charge on any atom is 0.235 e. The Balaban J connectivity index is 2.05. The molecule has 0 saturated carbocycles. The van der Waals surface area contributed by atoms with Crippen molar-refractivity contribution < 1.29 is 8.42 Å². The summed E-state index contributed by atoms with van der Waals surface area (Å²) in [6, 6.07) is 4.07. The number of aryl methyl sites for hydroxylation is 1. The van der Waals surface area contributed by atoms with E-state index in [0.29, 0.717) is 26.2 Å². The van der Waals surface area contributed by atoms with Crippen molar-refractivity contribution in [3.05, 3.63) is 35.9 Å². The van der Waals surface area contributed by atoms with E-state index in [1.54, 1.807) is 6.20 Å². The van der Waals surface area contributed by atoms with Gasteiger partial charge in [0.25, 0.3) is 0 Å². The Kier molecular flexibility index (Phi) is 4.21. The van der Waals surface area contributed by atoms with Gasteiger partial charge in [-0.05, 0) is 24.1 Å². The number of piperazine rings is 1. The second kappa shape index (κ2) is 5.71. The molecule has 6 heteroatoms. The van der Waals surface area contributed by atoms with E-state index in [0.717, 1.165) is 17.6 Å². The Morgan fingerprint density at radius 3 is 2.63 bits per heavy atom. The minimum absolute atomic E-state index is 0.479. The molecule has 0 bridgehead atoms. The Morgan fingerprint density at radius 1 is 1.37 bits per heavy atom. The number of hydrogen-bond donors (Lipinski definition) is 0. The topological polar surface area (TPSA) is 53.5 Å². The van der Waals surface area contributed by atoms with Gasteiger partial charge in [0.2, 0.25) is 10.0 Å². The standard InChI is InChI=1S/C13H19N3O2S/c1-3-12-5-6-14-13(11-12)15-7-9-16(10-8-15)19(17,18)4-2/h4-6,11H,2-3,7-10H2,1H3. The van der Waals surface area contributed by atoms with Crippen LogP contribution in [-0.4, -0.2) is 43.9 Å². The fourth-order valence-corrected chi connectivity index (χ4v) is 3.01. The van der Waals surface area contributed by atoms with Crippen LogP contribution in [0, 0.1) is 0 Å². The molecule has 0 atom stereocenters. The van der Waals surface area contributed by atoms with Gasteiger partial charge in [-0.2, -0.15) is 4.31 Å². The molecule has 1 fully saturated rings. The molecule has 0 spiro atoms. The number of hydrogen-bond acceptors (Lipinski definition) is 4. The van der Waals surface area contributed by atoms with Gasteiger partial charge in [-0.15, -0.1) is 0 Å². The molecule has 1 aliphatic rings. The van der Waals surface area contributed by atoms with E-state index in [-0.39, 0.29) is 0 Å². The van der Waals surface area contributed by atoms with Crippen LogP contribution in [-0.2, 0) is 16.4 Å². The first-order valence-corrected chi connectivity index (χ1v) is 7.89. The Labute approximate surface area is 114 Å². The number of anilines is 1. The molecule has 2 heterocycles. The van der Waals surface area contributed by atoms with E-state index < -0.39 is 10.0 Å². The third kappa shape index (κ3) is 3.13. The van der Waals surface area contributed by atoms with Gasteiger partial charge in [0.05, 0.1) is 0 Å². The molecule has 0 N–H and O–H groups in total. The van der Waals surface area contributed by atoms with Gasteiger partial charge < -0.3 is 4.90 Å². The third-order valence-corrected chi connectivity index (χ3v) is 4.86. The number of pyridine rings is 1. The minimum atomic E-state index is -3.29. The summed E-state index contributed by atoms with van der Waals surface area (Å²) in [6.45, 7) is 7.73. The van der Waals surface area contributed by atoms with Gasteiger partial charge in [0.15, 0.2) is 0 Å². The molecule has 1 aliphatic heterocycles. The normalized spacial score (nSPS) is 17.4. The van der Waals surface area contributed by atoms with E-state index in [1.165, 1.54) is 9.87 Å². The van der Waals surface area contributed by atoms with Crippen LogP contribution in [0.25, 0.3) is 0 Å². The van der Waals surface area contributed by atoms with Crippen LogP contribution >= 0.6 is 0 Å². The molecule has 5 nitrogen and oxygen atoms in total. The van der Waals surface area contributed by atoms with Crippen molar-refractivity contribution in [1.29, 1.82) is 0 Å². The average molecular weight is 281 g/mol. The largest absolute Gasteiger partial charge is 0.354 e. The van der Waals surface area contributed by atoms with E-state index in [2.05, 4.69) is 29.5 Å². The van der Waals surface area contributed by atoms with Crippen molar-refractivity contribution in [2.24, 2.45) is 0 Å². The number of sulfonamides is 1. The lowest BCUT2D eigenvalue weighted by Crippen LogP contribution is -2.48. The first kappa shape index (κ1) is 14.0. The smallest absolute Gasteiger partial charge is 0.235 e. The van der Waals surface area contributed by atoms with Crippen molar-refractivity contribution in [3.8, 4) is 0 Å². The molecule has 0 radical (unpaired) electrons. The lowest BCUT2D eigenvalue weighted by atomic mass is 10.2. The lowest BCUT2D eigenvalue weighted by molar-refractivity contribution is 0.389. The van der Waals surface area contributed by atoms with Crippen LogP contribution in [0.3, 0.4) is 0 Å². The van der Waals surface area contributed by atoms with E-state index in [9.17, 15) is 8.42 Å². The van der Waals surface area contributed by atoms with Gasteiger partial charge >= 0.3 is 0 Å². The molecule has 0 aromatic carbocycles. The third-order valence-electron chi connectivity index (χ3n) is 3.35. The minimum Gasteiger partial charge on any atom is -0.354 e. The molecule has 2 rings (SSSR count). The maximum absolute atomic E-state index is 11.7. The van der Waals surface area contributed by atoms with Crippen molar-refractivity contribution in [2.75, 3.05) is 31.1 Å². The van der Waals surface area contributed by atoms with Crippen LogP contribution in [0.2, 0.25) is 0 Å². The van der Waals surface area contributed by atoms with Gasteiger partial charge in [-0.25, -0.2) is 13.4 Å². The molecular formula is C13H19N3O2S. The Morgan fingerprint density at radius 2 is 2.05 bits per heavy atom. The second-order valence-electron chi connectivity index (χ2n) is 4.47. The molecule has 1 aromatic rings. The molecule has 0 aliphatic carbocycles. The lowest BCUT2D eigenvalue weighted by Gasteiger charge is -2.34. The first-order chi connectivity index (χ1) is 9.06. The molecule has 104 valence electrons. The summed E-state index contributed by atoms with van der Waals surface area (Å²) in [4.78, 5) is 6.48. The predicted octanol–water partition coefficient (Wildman–Crippen LogP) is 1.24. The fourth-order valence-electron chi connectivity index (χ4n) is 2.13. The highest BCUT2D eigenvalue weighted by atomic mass is 32.2. The van der Waals surface area contributed by atoms with Crippen molar-refractivity contribution in [3.63, 3.8) is 0 Å². The van der Waals surface area contributed by atoms with E-state index in [1.807, 2.05) is 6.07 Å². The summed E-state index contributed by atoms with van der Waals surface area (Å²) >= 11 is 0. The van der Waals surface area contributed by atoms with E-state index >= 15 is 0 Å². The molecule has 1 saturated heterocycles. The van der Waals surface area contributed by atoms with Crippen molar-refractivity contribution in [2.45, 2.75) is 13.3 Å². The number of rotatable bonds is 4. The highest BCUT2D eigenvalue weighted by molar-refractivity contribution is 7.92. The first-order valence-electron chi connectivity index (χ1n) is 6.39. The van der Waals surface area contributed by atoms with Crippen molar-refractivity contribution in [1.82, 2.24) is 9.29 Å². The summed E-state index contributed by atoms with van der Waals surface area (Å²) in [7, 11) is -3.29. The molecule has 0 unspecified atom stereocenters. The van der Waals surface area contributed by atoms with Crippen LogP contribution in [0.1, 0.15) is 12.5 Å². The van der Waals surface area contributed by atoms with Crippen LogP contribution < -0.4 is 4.90 Å². The van der Waals surface area contributed by atoms with Gasteiger partial charge in [0, 0.05) is 37.8 Å². The maximum atomic E-state index is 11.7. The molecule has 0 amide bonds. The number of nitrogens with zero attached hydrogens (tertiary/aromatic N) is 3. The summed E-state index contributed by atoms with van der Waals surface area (Å²) in [5.41, 5.74) is 1.24. The SMILES string of the molecule is C=CS(=O)(=O)N1CCN(c2cc(CC)ccn2)CC1. The second-order valence-corrected chi connectivity index (χ2v) is 6.35. The highest BCUT2D eigenvalue weighted by Gasteiger charge is 2.25. The van der Waals surface area contributed by atoms with Crippen molar-refractivity contribution >= 4 is 15.8 Å². The predicted molar refractivity (Wildman–Crippen MR) is 76.5 cm³/mol. The average Bonchev–Trinajstić information content (AvgIpc) is 2.47. The van der Waals surface area contributed by atoms with Crippen LogP contribution in [0.15, 0.2) is 30.3 Å². The highest BCUT2D eigenvalue weighted by Crippen LogP contribution is 2.17. The van der Waals surface area contributed by atoms with Gasteiger partial charge in [0.1, 0.15) is 5.82 Å². The van der Waals surface area contributed by atoms with Crippen LogP contribution in [0.5, 0.6) is 0 Å². The van der Waals surface area contributed by atoms with E-state index in [4.69, 9.17) is 0 Å². The van der Waals surface area contributed by atoms with Gasteiger partial charge in [-0.3, -0.25) is 0 Å². The fraction of sp³-hybridized carbons (Fsp3) is 0.462. The quantitative estimate of drug-likeness (QED) is 0.833. The van der Waals surface area contributed by atoms with Gasteiger partial charge in [-0.1, -0.05) is 13.5 Å². The molecule has 19 heavy (non-hydrogen) atoms. The Hall–Kier alpha value is -1.40. The summed E-state index contributed by atoms with van der Waals surface area (Å²) < 4.78 is 24.8. The zero-order chi connectivity index (χ0) is 13.9. The molecular weight excluding hydrogens is 262 g/mol. The zero-order valence-corrected chi connectivity index (χ0v) is 11.9. The summed E-state index contributed by atoms with van der Waals surface area (Å²) in [6.07, 6.45) is 2.78. The Bertz CT molecular complexity index is 549. The summed E-state index contributed by atoms with van der Waals surface area (Å²) in [5, 5.41) is 1.01. The monoisotopic (exact) mass is 281 g/mol. The zero-order valence-electron chi connectivity index (χ0n) is 11.1.